The van der Waals surface area contributed by atoms with Crippen molar-refractivity contribution in [2.24, 2.45) is 5.92 Å². The fourth-order valence-electron chi connectivity index (χ4n) is 1.35. The summed E-state index contributed by atoms with van der Waals surface area (Å²) in [4.78, 5) is 11.6. The third kappa shape index (κ3) is 3.63. The van der Waals surface area contributed by atoms with Crippen molar-refractivity contribution < 1.29 is 18.0 Å². The molecule has 0 heterocycles. The van der Waals surface area contributed by atoms with Gasteiger partial charge in [-0.1, -0.05) is 6.92 Å². The molecule has 0 radical (unpaired) electrons. The Morgan fingerprint density at radius 3 is 2.61 bits per heavy atom. The Bertz CT molecular complexity index is 440. The molecule has 1 unspecified atom stereocenters. The van der Waals surface area contributed by atoms with E-state index in [9.17, 15) is 18.0 Å². The van der Waals surface area contributed by atoms with E-state index in [1.807, 2.05) is 6.92 Å². The fourth-order valence-corrected chi connectivity index (χ4v) is 1.72. The van der Waals surface area contributed by atoms with Crippen molar-refractivity contribution >= 4 is 17.5 Å². The Hall–Kier alpha value is -1.23. The molecule has 0 saturated carbocycles. The van der Waals surface area contributed by atoms with E-state index >= 15 is 0 Å². The van der Waals surface area contributed by atoms with E-state index in [0.29, 0.717) is 18.8 Å². The van der Waals surface area contributed by atoms with E-state index in [4.69, 9.17) is 11.6 Å². The Labute approximate surface area is 108 Å². The van der Waals surface area contributed by atoms with Gasteiger partial charge in [0.25, 0.3) is 5.91 Å². The number of hydrogen-bond donors (Lipinski definition) is 1. The van der Waals surface area contributed by atoms with Gasteiger partial charge in [0.15, 0.2) is 17.5 Å². The standard InChI is InChI=1S/C12H13ClF3NO/c1-7(4-5-13)6-17-12(18)8-2-3-9(14)11(16)10(8)15/h2-3,7H,4-6H2,1H3,(H,17,18). The van der Waals surface area contributed by atoms with Crippen LogP contribution in [-0.2, 0) is 0 Å². The zero-order chi connectivity index (χ0) is 13.7. The summed E-state index contributed by atoms with van der Waals surface area (Å²) in [5.41, 5.74) is -0.507. The third-order valence-corrected chi connectivity index (χ3v) is 2.71. The van der Waals surface area contributed by atoms with Crippen molar-refractivity contribution in [2.75, 3.05) is 12.4 Å². The van der Waals surface area contributed by atoms with Gasteiger partial charge in [-0.3, -0.25) is 4.79 Å². The number of benzene rings is 1. The van der Waals surface area contributed by atoms with Crippen LogP contribution >= 0.6 is 11.6 Å². The molecule has 100 valence electrons. The zero-order valence-corrected chi connectivity index (χ0v) is 10.5. The van der Waals surface area contributed by atoms with Crippen molar-refractivity contribution in [3.05, 3.63) is 35.1 Å². The summed E-state index contributed by atoms with van der Waals surface area (Å²) >= 11 is 5.53. The summed E-state index contributed by atoms with van der Waals surface area (Å²) in [6.45, 7) is 2.16. The first kappa shape index (κ1) is 14.8. The number of alkyl halides is 1. The van der Waals surface area contributed by atoms with Gasteiger partial charge in [-0.15, -0.1) is 11.6 Å². The molecular formula is C12H13ClF3NO. The molecule has 18 heavy (non-hydrogen) atoms. The molecule has 0 spiro atoms. The lowest BCUT2D eigenvalue weighted by molar-refractivity contribution is 0.0942. The number of nitrogens with one attached hydrogen (secondary N) is 1. The molecule has 0 aliphatic rings. The zero-order valence-electron chi connectivity index (χ0n) is 9.77. The minimum absolute atomic E-state index is 0.125. The summed E-state index contributed by atoms with van der Waals surface area (Å²) in [5.74, 6) is -4.63. The van der Waals surface area contributed by atoms with E-state index in [1.54, 1.807) is 0 Å². The summed E-state index contributed by atoms with van der Waals surface area (Å²) < 4.78 is 38.9. The fraction of sp³-hybridized carbons (Fsp3) is 0.417. The van der Waals surface area contributed by atoms with Crippen LogP contribution in [0.1, 0.15) is 23.7 Å². The Kier molecular flexibility index (Phi) is 5.47. The summed E-state index contributed by atoms with van der Waals surface area (Å²) in [5, 5.41) is 2.44. The number of halogens is 4. The summed E-state index contributed by atoms with van der Waals surface area (Å²) in [7, 11) is 0. The molecule has 1 rings (SSSR count). The molecule has 1 aromatic rings. The van der Waals surface area contributed by atoms with Crippen LogP contribution in [0.15, 0.2) is 12.1 Å². The Morgan fingerprint density at radius 1 is 1.33 bits per heavy atom. The molecular weight excluding hydrogens is 267 g/mol. The highest BCUT2D eigenvalue weighted by Gasteiger charge is 2.18. The summed E-state index contributed by atoms with van der Waals surface area (Å²) in [6.07, 6.45) is 0.697. The lowest BCUT2D eigenvalue weighted by atomic mass is 10.1. The van der Waals surface area contributed by atoms with Crippen molar-refractivity contribution in [1.82, 2.24) is 5.32 Å². The second kappa shape index (κ2) is 6.64. The van der Waals surface area contributed by atoms with E-state index in [2.05, 4.69) is 5.32 Å². The topological polar surface area (TPSA) is 29.1 Å². The molecule has 0 aliphatic heterocycles. The van der Waals surface area contributed by atoms with Crippen LogP contribution in [0.3, 0.4) is 0 Å². The van der Waals surface area contributed by atoms with Crippen molar-refractivity contribution in [2.45, 2.75) is 13.3 Å². The van der Waals surface area contributed by atoms with E-state index in [-0.39, 0.29) is 5.92 Å². The lowest BCUT2D eigenvalue weighted by Gasteiger charge is -2.11. The highest BCUT2D eigenvalue weighted by atomic mass is 35.5. The van der Waals surface area contributed by atoms with Crippen molar-refractivity contribution in [3.63, 3.8) is 0 Å². The van der Waals surface area contributed by atoms with Gasteiger partial charge in [-0.2, -0.15) is 0 Å². The second-order valence-electron chi connectivity index (χ2n) is 4.02. The molecule has 0 fully saturated rings. The molecule has 1 N–H and O–H groups in total. The molecule has 1 atom stereocenters. The Balaban J connectivity index is 2.71. The first-order valence-electron chi connectivity index (χ1n) is 5.45. The normalized spacial score (nSPS) is 12.3. The van der Waals surface area contributed by atoms with Crippen LogP contribution in [-0.4, -0.2) is 18.3 Å². The number of rotatable bonds is 5. The monoisotopic (exact) mass is 279 g/mol. The first-order chi connectivity index (χ1) is 8.47. The van der Waals surface area contributed by atoms with Crippen LogP contribution in [0.4, 0.5) is 13.2 Å². The van der Waals surface area contributed by atoms with Gasteiger partial charge in [0.2, 0.25) is 0 Å². The largest absolute Gasteiger partial charge is 0.352 e. The van der Waals surface area contributed by atoms with Crippen LogP contribution in [0, 0.1) is 23.4 Å². The van der Waals surface area contributed by atoms with E-state index in [1.165, 1.54) is 0 Å². The molecule has 0 saturated heterocycles. The number of amides is 1. The van der Waals surface area contributed by atoms with E-state index in [0.717, 1.165) is 12.1 Å². The third-order valence-electron chi connectivity index (χ3n) is 2.49. The first-order valence-corrected chi connectivity index (χ1v) is 5.98. The maximum atomic E-state index is 13.3. The molecule has 0 bridgehead atoms. The number of carbonyl (C=O) groups is 1. The van der Waals surface area contributed by atoms with Crippen LogP contribution < -0.4 is 5.32 Å². The van der Waals surface area contributed by atoms with E-state index < -0.39 is 28.9 Å². The SMILES string of the molecule is CC(CCCl)CNC(=O)c1ccc(F)c(F)c1F. The molecule has 1 aromatic carbocycles. The molecule has 2 nitrogen and oxygen atoms in total. The van der Waals surface area contributed by atoms with Gasteiger partial charge in [-0.25, -0.2) is 13.2 Å². The summed E-state index contributed by atoms with van der Waals surface area (Å²) in [6, 6.07) is 1.63. The lowest BCUT2D eigenvalue weighted by Crippen LogP contribution is -2.29. The van der Waals surface area contributed by atoms with Gasteiger partial charge in [-0.05, 0) is 24.5 Å². The average molecular weight is 280 g/mol. The van der Waals surface area contributed by atoms with Gasteiger partial charge in [0.05, 0.1) is 5.56 Å². The average Bonchev–Trinajstić information content (AvgIpc) is 2.34. The molecule has 0 aromatic heterocycles. The highest BCUT2D eigenvalue weighted by molar-refractivity contribution is 6.17. The molecule has 1 amide bonds. The predicted octanol–water partition coefficient (Wildman–Crippen LogP) is 3.10. The Morgan fingerprint density at radius 2 is 2.00 bits per heavy atom. The van der Waals surface area contributed by atoms with Crippen LogP contribution in [0.2, 0.25) is 0 Å². The van der Waals surface area contributed by atoms with Crippen LogP contribution in [0.25, 0.3) is 0 Å². The molecule has 6 heteroatoms. The van der Waals surface area contributed by atoms with Crippen molar-refractivity contribution in [1.29, 1.82) is 0 Å². The maximum Gasteiger partial charge on any atom is 0.254 e. The number of hydrogen-bond acceptors (Lipinski definition) is 1. The van der Waals surface area contributed by atoms with Gasteiger partial charge >= 0.3 is 0 Å². The van der Waals surface area contributed by atoms with Crippen molar-refractivity contribution in [3.8, 4) is 0 Å². The minimum atomic E-state index is -1.64. The second-order valence-corrected chi connectivity index (χ2v) is 4.39. The van der Waals surface area contributed by atoms with Gasteiger partial charge < -0.3 is 5.32 Å². The minimum Gasteiger partial charge on any atom is -0.352 e. The molecule has 0 aliphatic carbocycles. The quantitative estimate of drug-likeness (QED) is 0.651. The predicted molar refractivity (Wildman–Crippen MR) is 63.2 cm³/mol. The smallest absolute Gasteiger partial charge is 0.254 e. The van der Waals surface area contributed by atoms with Gasteiger partial charge in [0, 0.05) is 12.4 Å². The van der Waals surface area contributed by atoms with Crippen LogP contribution in [0.5, 0.6) is 0 Å². The van der Waals surface area contributed by atoms with Gasteiger partial charge in [0.1, 0.15) is 0 Å². The number of carbonyl (C=O) groups excluding carboxylic acids is 1. The maximum absolute atomic E-state index is 13.3. The highest BCUT2D eigenvalue weighted by Crippen LogP contribution is 2.15.